The Hall–Kier alpha value is -1.92. The second-order valence-electron chi connectivity index (χ2n) is 4.06. The second kappa shape index (κ2) is 6.02. The average molecular weight is 309 g/mol. The number of nitrogens with two attached hydrogens (primary N) is 1. The third-order valence-electron chi connectivity index (χ3n) is 2.64. The average Bonchev–Trinajstić information content (AvgIpc) is 2.43. The topological polar surface area (TPSA) is 73.1 Å². The number of aryl methyl sites for hydroxylation is 1. The number of rotatable bonds is 4. The van der Waals surface area contributed by atoms with Gasteiger partial charge in [-0.25, -0.2) is 9.97 Å². The van der Waals surface area contributed by atoms with Crippen molar-refractivity contribution >= 4 is 40.4 Å². The first-order chi connectivity index (χ1) is 9.51. The second-order valence-corrected chi connectivity index (χ2v) is 4.90. The lowest BCUT2D eigenvalue weighted by atomic mass is 10.2. The van der Waals surface area contributed by atoms with Gasteiger partial charge < -0.3 is 15.8 Å². The maximum Gasteiger partial charge on any atom is 0.227 e. The number of aromatic nitrogens is 2. The van der Waals surface area contributed by atoms with Crippen LogP contribution in [0.4, 0.5) is 11.6 Å². The van der Waals surface area contributed by atoms with Crippen LogP contribution in [0.1, 0.15) is 11.3 Å². The smallest absolute Gasteiger partial charge is 0.227 e. The molecule has 2 aromatic rings. The van der Waals surface area contributed by atoms with Gasteiger partial charge >= 0.3 is 0 Å². The standard InChI is InChI=1S/C13H13ClN4OS/c1-7-5-10(11(19-2)6-8(7)14)18-13-16-4-3-9(17-13)12(15)20/h3-6H,1-2H3,(H2,15,20)(H,16,17,18). The molecule has 1 aromatic carbocycles. The van der Waals surface area contributed by atoms with E-state index in [1.807, 2.05) is 13.0 Å². The molecule has 0 radical (unpaired) electrons. The molecule has 1 aromatic heterocycles. The predicted molar refractivity (Wildman–Crippen MR) is 83.9 cm³/mol. The number of hydrogen-bond donors (Lipinski definition) is 2. The van der Waals surface area contributed by atoms with Crippen molar-refractivity contribution in [2.75, 3.05) is 12.4 Å². The minimum absolute atomic E-state index is 0.217. The van der Waals surface area contributed by atoms with E-state index in [-0.39, 0.29) is 4.99 Å². The lowest BCUT2D eigenvalue weighted by Crippen LogP contribution is -2.13. The van der Waals surface area contributed by atoms with E-state index in [9.17, 15) is 0 Å². The molecular formula is C13H13ClN4OS. The number of thiocarbonyl (C=S) groups is 1. The normalized spacial score (nSPS) is 10.2. The number of ether oxygens (including phenoxy) is 1. The number of anilines is 2. The molecular weight excluding hydrogens is 296 g/mol. The molecule has 2 rings (SSSR count). The Morgan fingerprint density at radius 2 is 2.20 bits per heavy atom. The largest absolute Gasteiger partial charge is 0.495 e. The van der Waals surface area contributed by atoms with Crippen LogP contribution in [0.25, 0.3) is 0 Å². The number of nitrogens with zero attached hydrogens (tertiary/aromatic N) is 2. The number of hydrogen-bond acceptors (Lipinski definition) is 5. The lowest BCUT2D eigenvalue weighted by Gasteiger charge is -2.12. The van der Waals surface area contributed by atoms with Gasteiger partial charge in [-0.15, -0.1) is 0 Å². The summed E-state index contributed by atoms with van der Waals surface area (Å²) in [5.41, 5.74) is 7.68. The first kappa shape index (κ1) is 14.5. The third kappa shape index (κ3) is 3.15. The van der Waals surface area contributed by atoms with Crippen molar-refractivity contribution in [1.29, 1.82) is 0 Å². The molecule has 5 nitrogen and oxygen atoms in total. The highest BCUT2D eigenvalue weighted by Crippen LogP contribution is 2.32. The Balaban J connectivity index is 2.36. The summed E-state index contributed by atoms with van der Waals surface area (Å²) >= 11 is 11.0. The Morgan fingerprint density at radius 3 is 2.85 bits per heavy atom. The number of methoxy groups -OCH3 is 1. The highest BCUT2D eigenvalue weighted by molar-refractivity contribution is 7.80. The predicted octanol–water partition coefficient (Wildman–Crippen LogP) is 2.82. The molecule has 1 heterocycles. The highest BCUT2D eigenvalue weighted by Gasteiger charge is 2.09. The Kier molecular flexibility index (Phi) is 4.36. The van der Waals surface area contributed by atoms with Gasteiger partial charge in [0.1, 0.15) is 16.4 Å². The van der Waals surface area contributed by atoms with Crippen molar-refractivity contribution in [3.8, 4) is 5.75 Å². The number of halogens is 1. The molecule has 7 heteroatoms. The quantitative estimate of drug-likeness (QED) is 0.846. The van der Waals surface area contributed by atoms with E-state index in [0.717, 1.165) is 11.3 Å². The summed E-state index contributed by atoms with van der Waals surface area (Å²) in [6.07, 6.45) is 1.58. The zero-order chi connectivity index (χ0) is 14.7. The Labute approximate surface area is 127 Å². The first-order valence-corrected chi connectivity index (χ1v) is 6.54. The number of nitrogens with one attached hydrogen (secondary N) is 1. The van der Waals surface area contributed by atoms with Crippen LogP contribution < -0.4 is 15.8 Å². The van der Waals surface area contributed by atoms with Crippen LogP contribution in [-0.4, -0.2) is 22.1 Å². The molecule has 0 saturated heterocycles. The fourth-order valence-corrected chi connectivity index (χ4v) is 1.87. The van der Waals surface area contributed by atoms with Gasteiger partial charge in [-0.3, -0.25) is 0 Å². The van der Waals surface area contributed by atoms with Crippen LogP contribution in [0, 0.1) is 6.92 Å². The van der Waals surface area contributed by atoms with Gasteiger partial charge in [0.25, 0.3) is 0 Å². The van der Waals surface area contributed by atoms with Crippen molar-refractivity contribution in [2.24, 2.45) is 5.73 Å². The van der Waals surface area contributed by atoms with E-state index >= 15 is 0 Å². The molecule has 0 amide bonds. The van der Waals surface area contributed by atoms with E-state index in [1.165, 1.54) is 0 Å². The summed E-state index contributed by atoms with van der Waals surface area (Å²) in [5, 5.41) is 3.70. The van der Waals surface area contributed by atoms with E-state index in [0.29, 0.717) is 22.4 Å². The van der Waals surface area contributed by atoms with Crippen LogP contribution in [0.3, 0.4) is 0 Å². The summed E-state index contributed by atoms with van der Waals surface area (Å²) < 4.78 is 5.28. The maximum atomic E-state index is 6.06. The summed E-state index contributed by atoms with van der Waals surface area (Å²) in [7, 11) is 1.57. The minimum atomic E-state index is 0.217. The summed E-state index contributed by atoms with van der Waals surface area (Å²) in [4.78, 5) is 8.55. The van der Waals surface area contributed by atoms with Crippen LogP contribution in [0.2, 0.25) is 5.02 Å². The van der Waals surface area contributed by atoms with Gasteiger partial charge in [0.15, 0.2) is 0 Å². The van der Waals surface area contributed by atoms with Gasteiger partial charge in [-0.1, -0.05) is 23.8 Å². The van der Waals surface area contributed by atoms with Gasteiger partial charge in [0.2, 0.25) is 5.95 Å². The zero-order valence-corrected chi connectivity index (χ0v) is 12.5. The van der Waals surface area contributed by atoms with Crippen molar-refractivity contribution in [3.05, 3.63) is 40.7 Å². The van der Waals surface area contributed by atoms with Gasteiger partial charge in [0.05, 0.1) is 12.8 Å². The molecule has 0 aliphatic carbocycles. The molecule has 0 spiro atoms. The highest BCUT2D eigenvalue weighted by atomic mass is 35.5. The minimum Gasteiger partial charge on any atom is -0.495 e. The van der Waals surface area contributed by atoms with Gasteiger partial charge in [-0.05, 0) is 24.6 Å². The maximum absolute atomic E-state index is 6.06. The molecule has 0 atom stereocenters. The van der Waals surface area contributed by atoms with Crippen LogP contribution in [-0.2, 0) is 0 Å². The van der Waals surface area contributed by atoms with E-state index in [4.69, 9.17) is 34.3 Å². The van der Waals surface area contributed by atoms with E-state index in [1.54, 1.807) is 25.4 Å². The monoisotopic (exact) mass is 308 g/mol. The molecule has 104 valence electrons. The van der Waals surface area contributed by atoms with Crippen molar-refractivity contribution in [1.82, 2.24) is 9.97 Å². The van der Waals surface area contributed by atoms with Gasteiger partial charge in [-0.2, -0.15) is 0 Å². The molecule has 0 aliphatic rings. The van der Waals surface area contributed by atoms with Crippen LogP contribution in [0.5, 0.6) is 5.75 Å². The Bertz CT molecular complexity index is 663. The molecule has 0 bridgehead atoms. The molecule has 20 heavy (non-hydrogen) atoms. The molecule has 0 unspecified atom stereocenters. The third-order valence-corrected chi connectivity index (χ3v) is 3.25. The van der Waals surface area contributed by atoms with E-state index in [2.05, 4.69) is 15.3 Å². The van der Waals surface area contributed by atoms with Crippen LogP contribution >= 0.6 is 23.8 Å². The Morgan fingerprint density at radius 1 is 1.45 bits per heavy atom. The van der Waals surface area contributed by atoms with Gasteiger partial charge in [0, 0.05) is 17.3 Å². The fourth-order valence-electron chi connectivity index (χ4n) is 1.61. The molecule has 0 saturated carbocycles. The van der Waals surface area contributed by atoms with E-state index < -0.39 is 0 Å². The van der Waals surface area contributed by atoms with Crippen molar-refractivity contribution in [3.63, 3.8) is 0 Å². The first-order valence-electron chi connectivity index (χ1n) is 5.75. The fraction of sp³-hybridized carbons (Fsp3) is 0.154. The summed E-state index contributed by atoms with van der Waals surface area (Å²) in [6.45, 7) is 1.90. The number of benzene rings is 1. The van der Waals surface area contributed by atoms with Crippen molar-refractivity contribution < 1.29 is 4.74 Å². The molecule has 0 aliphatic heterocycles. The summed E-state index contributed by atoms with van der Waals surface area (Å²) in [5.74, 6) is 0.986. The van der Waals surface area contributed by atoms with Crippen LogP contribution in [0.15, 0.2) is 24.4 Å². The zero-order valence-electron chi connectivity index (χ0n) is 11.0. The molecule has 0 fully saturated rings. The van der Waals surface area contributed by atoms with Crippen molar-refractivity contribution in [2.45, 2.75) is 6.92 Å². The SMILES string of the molecule is COc1cc(Cl)c(C)cc1Nc1nccc(C(N)=S)n1. The molecule has 3 N–H and O–H groups in total. The summed E-state index contributed by atoms with van der Waals surface area (Å²) in [6, 6.07) is 5.24. The lowest BCUT2D eigenvalue weighted by molar-refractivity contribution is 0.416.